The van der Waals surface area contributed by atoms with Gasteiger partial charge in [0.05, 0.1) is 12.9 Å². The van der Waals surface area contributed by atoms with Crippen molar-refractivity contribution in [3.63, 3.8) is 0 Å². The van der Waals surface area contributed by atoms with Gasteiger partial charge in [-0.05, 0) is 87.4 Å². The van der Waals surface area contributed by atoms with Crippen molar-refractivity contribution in [1.29, 1.82) is 0 Å². The average molecular weight is 545 g/mol. The Morgan fingerprint density at radius 3 is 2.41 bits per heavy atom. The van der Waals surface area contributed by atoms with E-state index >= 15 is 0 Å². The molecular weight excluding hydrogens is 508 g/mol. The van der Waals surface area contributed by atoms with Crippen LogP contribution in [0, 0.1) is 26.7 Å². The van der Waals surface area contributed by atoms with Crippen LogP contribution in [-0.2, 0) is 16.1 Å². The van der Waals surface area contributed by atoms with Crippen LogP contribution in [0.4, 0.5) is 5.69 Å². The lowest BCUT2D eigenvalue weighted by Gasteiger charge is -2.37. The number of carbonyl (C=O) groups excluding carboxylic acids is 2. The van der Waals surface area contributed by atoms with Crippen molar-refractivity contribution in [3.8, 4) is 5.75 Å². The van der Waals surface area contributed by atoms with E-state index in [0.29, 0.717) is 23.1 Å². The Morgan fingerprint density at radius 2 is 1.77 bits per heavy atom. The van der Waals surface area contributed by atoms with Gasteiger partial charge in [-0.1, -0.05) is 48.2 Å². The van der Waals surface area contributed by atoms with Gasteiger partial charge in [0.2, 0.25) is 11.8 Å². The molecule has 2 amide bonds. The first-order valence-corrected chi connectivity index (χ1v) is 14.2. The van der Waals surface area contributed by atoms with Gasteiger partial charge in [0, 0.05) is 23.6 Å². The number of thioether (sulfide) groups is 1. The van der Waals surface area contributed by atoms with E-state index in [4.69, 9.17) is 4.74 Å². The highest BCUT2D eigenvalue weighted by molar-refractivity contribution is 7.99. The number of aromatic nitrogens is 2. The van der Waals surface area contributed by atoms with E-state index in [2.05, 4.69) is 27.4 Å². The van der Waals surface area contributed by atoms with E-state index in [1.165, 1.54) is 11.8 Å². The molecule has 0 saturated carbocycles. The van der Waals surface area contributed by atoms with Gasteiger partial charge in [0.25, 0.3) is 0 Å². The molecule has 7 nitrogen and oxygen atoms in total. The lowest BCUT2D eigenvalue weighted by Crippen LogP contribution is -2.52. The molecule has 8 heteroatoms. The van der Waals surface area contributed by atoms with Gasteiger partial charge in [-0.3, -0.25) is 9.59 Å². The number of nitrogens with one attached hydrogen (secondary N) is 1. The maximum atomic E-state index is 14.0. The van der Waals surface area contributed by atoms with Gasteiger partial charge in [0.15, 0.2) is 5.16 Å². The topological polar surface area (TPSA) is 84.4 Å². The Balaban J connectivity index is 1.65. The number of hydrogen-bond acceptors (Lipinski definition) is 6. The van der Waals surface area contributed by atoms with Crippen molar-refractivity contribution in [1.82, 2.24) is 14.9 Å². The number of methoxy groups -OCH3 is 1. The van der Waals surface area contributed by atoms with Gasteiger partial charge in [0.1, 0.15) is 11.8 Å². The Labute approximate surface area is 235 Å². The summed E-state index contributed by atoms with van der Waals surface area (Å²) in [5, 5.41) is 3.64. The number of aryl methyl sites for hydroxylation is 3. The molecule has 2 aromatic carbocycles. The van der Waals surface area contributed by atoms with E-state index in [-0.39, 0.29) is 23.5 Å². The van der Waals surface area contributed by atoms with Gasteiger partial charge < -0.3 is 15.0 Å². The molecular formula is C31H36N4O3S. The van der Waals surface area contributed by atoms with Crippen LogP contribution < -0.4 is 10.1 Å². The fourth-order valence-corrected chi connectivity index (χ4v) is 5.72. The highest BCUT2D eigenvalue weighted by Gasteiger charge is 2.36. The zero-order chi connectivity index (χ0) is 27.8. The van der Waals surface area contributed by atoms with E-state index < -0.39 is 6.04 Å². The minimum Gasteiger partial charge on any atom is -0.497 e. The molecule has 0 saturated heterocycles. The van der Waals surface area contributed by atoms with Crippen LogP contribution in [0.3, 0.4) is 0 Å². The number of nitrogens with zero attached hydrogens (tertiary/aromatic N) is 3. The molecule has 204 valence electrons. The summed E-state index contributed by atoms with van der Waals surface area (Å²) >= 11 is 1.31. The second kappa shape index (κ2) is 13.4. The van der Waals surface area contributed by atoms with Gasteiger partial charge in [-0.15, -0.1) is 0 Å². The van der Waals surface area contributed by atoms with E-state index in [0.717, 1.165) is 41.8 Å². The van der Waals surface area contributed by atoms with Crippen LogP contribution in [0.2, 0.25) is 0 Å². The number of allylic oxidation sites excluding steroid dienone is 2. The monoisotopic (exact) mass is 544 g/mol. The summed E-state index contributed by atoms with van der Waals surface area (Å²) in [5.74, 6) is 0.557. The highest BCUT2D eigenvalue weighted by atomic mass is 32.2. The third-order valence-corrected chi connectivity index (χ3v) is 7.76. The van der Waals surface area contributed by atoms with Crippen LogP contribution in [0.1, 0.15) is 41.8 Å². The molecule has 0 spiro atoms. The molecule has 1 aliphatic rings. The molecule has 39 heavy (non-hydrogen) atoms. The van der Waals surface area contributed by atoms with E-state index in [9.17, 15) is 9.59 Å². The number of amides is 2. The zero-order valence-corrected chi connectivity index (χ0v) is 23.8. The number of hydrogen-bond donors (Lipinski definition) is 1. The fraction of sp³-hybridized carbons (Fsp3) is 0.355. The van der Waals surface area contributed by atoms with Crippen LogP contribution in [0.25, 0.3) is 0 Å². The SMILES string of the molecule is COc1ccc(NC(=O)[C@H]([C@@H]2CC=CCC2)N(Cc2ccccc2C)C(=O)CSc2nc(C)cc(C)n2)cc1. The van der Waals surface area contributed by atoms with Crippen molar-refractivity contribution < 1.29 is 14.3 Å². The van der Waals surface area contributed by atoms with Gasteiger partial charge in [-0.25, -0.2) is 9.97 Å². The molecule has 0 bridgehead atoms. The summed E-state index contributed by atoms with van der Waals surface area (Å²) in [7, 11) is 1.61. The smallest absolute Gasteiger partial charge is 0.247 e. The zero-order valence-electron chi connectivity index (χ0n) is 23.0. The summed E-state index contributed by atoms with van der Waals surface area (Å²) in [4.78, 5) is 38.7. The minimum absolute atomic E-state index is 0.00341. The minimum atomic E-state index is -0.634. The largest absolute Gasteiger partial charge is 0.497 e. The number of ether oxygens (including phenoxy) is 1. The average Bonchev–Trinajstić information content (AvgIpc) is 2.93. The second-order valence-electron chi connectivity index (χ2n) is 9.88. The first-order valence-electron chi connectivity index (χ1n) is 13.2. The molecule has 4 rings (SSSR count). The lowest BCUT2D eigenvalue weighted by molar-refractivity contribution is -0.139. The Morgan fingerprint density at radius 1 is 1.05 bits per heavy atom. The summed E-state index contributed by atoms with van der Waals surface area (Å²) in [6.45, 7) is 6.22. The standard InChI is InChI=1S/C31H36N4O3S/c1-21-10-8-9-13-25(21)19-35(28(36)20-39-31-32-22(2)18-23(3)33-31)29(24-11-6-5-7-12-24)30(37)34-26-14-16-27(38-4)17-15-26/h5-6,8-10,13-18,24,29H,7,11-12,19-20H2,1-4H3,(H,34,37)/t24-,29+/m1/s1. The molecule has 0 fully saturated rings. The molecule has 2 atom stereocenters. The molecule has 0 radical (unpaired) electrons. The van der Waals surface area contributed by atoms with E-state index in [1.807, 2.05) is 75.4 Å². The number of anilines is 1. The Kier molecular flexibility index (Phi) is 9.76. The van der Waals surface area contributed by atoms with Crippen molar-refractivity contribution in [3.05, 3.63) is 89.3 Å². The maximum Gasteiger partial charge on any atom is 0.247 e. The number of carbonyl (C=O) groups is 2. The second-order valence-corrected chi connectivity index (χ2v) is 10.8. The quantitative estimate of drug-likeness (QED) is 0.195. The number of rotatable bonds is 10. The highest BCUT2D eigenvalue weighted by Crippen LogP contribution is 2.29. The summed E-state index contributed by atoms with van der Waals surface area (Å²) in [6.07, 6.45) is 6.73. The number of benzene rings is 2. The van der Waals surface area contributed by atoms with Gasteiger partial charge in [-0.2, -0.15) is 0 Å². The third kappa shape index (κ3) is 7.69. The summed E-state index contributed by atoms with van der Waals surface area (Å²) < 4.78 is 5.26. The van der Waals surface area contributed by atoms with Crippen molar-refractivity contribution >= 4 is 29.3 Å². The third-order valence-electron chi connectivity index (χ3n) is 6.93. The lowest BCUT2D eigenvalue weighted by atomic mass is 9.85. The molecule has 1 aromatic heterocycles. The Bertz CT molecular complexity index is 1310. The van der Waals surface area contributed by atoms with Crippen LogP contribution >= 0.6 is 11.8 Å². The van der Waals surface area contributed by atoms with Crippen molar-refractivity contribution in [2.75, 3.05) is 18.2 Å². The first kappa shape index (κ1) is 28.4. The molecule has 0 unspecified atom stereocenters. The van der Waals surface area contributed by atoms with Crippen LogP contribution in [0.5, 0.6) is 5.75 Å². The Hall–Kier alpha value is -3.65. The predicted octanol–water partition coefficient (Wildman–Crippen LogP) is 5.89. The first-order chi connectivity index (χ1) is 18.8. The summed E-state index contributed by atoms with van der Waals surface area (Å²) in [5.41, 5.74) is 4.49. The predicted molar refractivity (Wildman–Crippen MR) is 156 cm³/mol. The maximum absolute atomic E-state index is 14.0. The van der Waals surface area contributed by atoms with Crippen molar-refractivity contribution in [2.24, 2.45) is 5.92 Å². The normalized spacial score (nSPS) is 15.4. The van der Waals surface area contributed by atoms with Crippen LogP contribution in [-0.4, -0.2) is 45.6 Å². The van der Waals surface area contributed by atoms with Crippen LogP contribution in [0.15, 0.2) is 71.9 Å². The molecule has 1 aliphatic carbocycles. The van der Waals surface area contributed by atoms with E-state index in [1.54, 1.807) is 12.0 Å². The molecule has 1 N–H and O–H groups in total. The molecule has 0 aliphatic heterocycles. The summed E-state index contributed by atoms with van der Waals surface area (Å²) in [6, 6.07) is 16.5. The van der Waals surface area contributed by atoms with Crippen molar-refractivity contribution in [2.45, 2.75) is 57.8 Å². The fourth-order valence-electron chi connectivity index (χ4n) is 4.88. The molecule has 1 heterocycles. The molecule has 3 aromatic rings. The van der Waals surface area contributed by atoms with Gasteiger partial charge >= 0.3 is 0 Å².